The van der Waals surface area contributed by atoms with Gasteiger partial charge in [-0.1, -0.05) is 85.6 Å². The number of rotatable bonds is 7. The van der Waals surface area contributed by atoms with Gasteiger partial charge in [-0.15, -0.1) is 0 Å². The van der Waals surface area contributed by atoms with Crippen molar-refractivity contribution in [1.82, 2.24) is 0 Å². The van der Waals surface area contributed by atoms with Gasteiger partial charge in [0.15, 0.2) is 0 Å². The van der Waals surface area contributed by atoms with Gasteiger partial charge >= 0.3 is 11.9 Å². The van der Waals surface area contributed by atoms with E-state index in [0.717, 1.165) is 54.2 Å². The van der Waals surface area contributed by atoms with E-state index in [1.165, 1.54) is 0 Å². The molecular formula is C36H28Cl2O4. The lowest BCUT2D eigenvalue weighted by Crippen LogP contribution is -2.08. The van der Waals surface area contributed by atoms with Gasteiger partial charge in [0, 0.05) is 44.4 Å². The number of hydrogen-bond donors (Lipinski definition) is 0. The molecule has 0 heterocycles. The van der Waals surface area contributed by atoms with Gasteiger partial charge in [0.25, 0.3) is 0 Å². The molecule has 0 spiro atoms. The molecule has 0 fully saturated rings. The first-order valence-electron chi connectivity index (χ1n) is 14.1. The molecule has 0 unspecified atom stereocenters. The van der Waals surface area contributed by atoms with Crippen LogP contribution in [0.15, 0.2) is 84.9 Å². The largest absolute Gasteiger partial charge is 0.425 e. The second-order valence-electron chi connectivity index (χ2n) is 10.3. The van der Waals surface area contributed by atoms with Gasteiger partial charge < -0.3 is 9.47 Å². The van der Waals surface area contributed by atoms with Crippen molar-refractivity contribution in [3.05, 3.63) is 95.0 Å². The van der Waals surface area contributed by atoms with Crippen LogP contribution < -0.4 is 9.47 Å². The van der Waals surface area contributed by atoms with E-state index < -0.39 is 0 Å². The molecule has 6 rings (SSSR count). The molecule has 6 aromatic rings. The normalized spacial score (nSPS) is 11.4. The summed E-state index contributed by atoms with van der Waals surface area (Å²) in [5, 5.41) is 7.75. The second-order valence-corrected chi connectivity index (χ2v) is 11.2. The molecule has 0 aromatic heterocycles. The molecule has 4 nitrogen and oxygen atoms in total. The lowest BCUT2D eigenvalue weighted by atomic mass is 9.85. The Kier molecular flexibility index (Phi) is 7.76. The third-order valence-corrected chi connectivity index (χ3v) is 7.93. The molecule has 0 radical (unpaired) electrons. The molecule has 0 aliphatic carbocycles. The summed E-state index contributed by atoms with van der Waals surface area (Å²) < 4.78 is 12.1. The molecule has 0 saturated carbocycles. The Labute approximate surface area is 253 Å². The summed E-state index contributed by atoms with van der Waals surface area (Å²) in [6.07, 6.45) is 2.01. The van der Waals surface area contributed by atoms with Crippen LogP contribution in [0.25, 0.3) is 54.2 Å². The standard InChI is InChI=1S/C36H28Cl2O4/c1-3-9-31(39)41-35-25-13-7-5-11-23(25)33(29-19-21(37)15-17-27(29)35)34-24-12-6-8-14-26(24)36(42-32(40)10-4-2)28-18-16-22(38)20-30(28)34/h5-8,11-20H,3-4,9-10H2,1-2H3. The molecule has 6 aromatic carbocycles. The number of fused-ring (bicyclic) bond motifs is 4. The molecule has 6 heteroatoms. The summed E-state index contributed by atoms with van der Waals surface area (Å²) in [7, 11) is 0. The summed E-state index contributed by atoms with van der Waals surface area (Å²) in [4.78, 5) is 25.6. The fraction of sp³-hybridized carbons (Fsp3) is 0.167. The Morgan fingerprint density at radius 3 is 1.26 bits per heavy atom. The van der Waals surface area contributed by atoms with Crippen molar-refractivity contribution in [2.45, 2.75) is 39.5 Å². The number of benzene rings is 6. The molecule has 0 N–H and O–H groups in total. The minimum absolute atomic E-state index is 0.285. The molecule has 0 bridgehead atoms. The average molecular weight is 596 g/mol. The maximum Gasteiger partial charge on any atom is 0.311 e. The number of halogens is 2. The van der Waals surface area contributed by atoms with Crippen LogP contribution in [0.1, 0.15) is 39.5 Å². The van der Waals surface area contributed by atoms with Gasteiger partial charge in [0.05, 0.1) is 0 Å². The van der Waals surface area contributed by atoms with E-state index in [9.17, 15) is 9.59 Å². The van der Waals surface area contributed by atoms with Crippen molar-refractivity contribution >= 4 is 78.2 Å². The zero-order chi connectivity index (χ0) is 29.4. The minimum atomic E-state index is -0.285. The molecule has 0 aliphatic rings. The Bertz CT molecular complexity index is 1880. The Morgan fingerprint density at radius 1 is 0.524 bits per heavy atom. The second kappa shape index (κ2) is 11.6. The van der Waals surface area contributed by atoms with E-state index in [2.05, 4.69) is 0 Å². The van der Waals surface area contributed by atoms with Crippen molar-refractivity contribution in [2.24, 2.45) is 0 Å². The fourth-order valence-corrected chi connectivity index (χ4v) is 6.06. The van der Waals surface area contributed by atoms with E-state index >= 15 is 0 Å². The maximum absolute atomic E-state index is 12.8. The van der Waals surface area contributed by atoms with Crippen LogP contribution in [0.5, 0.6) is 11.5 Å². The van der Waals surface area contributed by atoms with E-state index in [1.807, 2.05) is 98.8 Å². The Balaban J connectivity index is 1.80. The molecule has 210 valence electrons. The molecule has 0 amide bonds. The molecular weight excluding hydrogens is 567 g/mol. The number of carbonyl (C=O) groups excluding carboxylic acids is 2. The topological polar surface area (TPSA) is 52.6 Å². The third-order valence-electron chi connectivity index (χ3n) is 7.46. The van der Waals surface area contributed by atoms with Crippen molar-refractivity contribution in [2.75, 3.05) is 0 Å². The van der Waals surface area contributed by atoms with Crippen LogP contribution in [-0.2, 0) is 9.59 Å². The van der Waals surface area contributed by atoms with Gasteiger partial charge in [0.2, 0.25) is 0 Å². The van der Waals surface area contributed by atoms with Crippen molar-refractivity contribution in [3.8, 4) is 22.6 Å². The highest BCUT2D eigenvalue weighted by Gasteiger charge is 2.24. The number of esters is 2. The van der Waals surface area contributed by atoms with E-state index in [-0.39, 0.29) is 11.9 Å². The minimum Gasteiger partial charge on any atom is -0.425 e. The number of carbonyl (C=O) groups is 2. The van der Waals surface area contributed by atoms with Gasteiger partial charge in [0.1, 0.15) is 11.5 Å². The molecule has 42 heavy (non-hydrogen) atoms. The summed E-state index contributed by atoms with van der Waals surface area (Å²) in [5.74, 6) is 0.451. The Morgan fingerprint density at radius 2 is 0.881 bits per heavy atom. The van der Waals surface area contributed by atoms with Crippen LogP contribution >= 0.6 is 23.2 Å². The van der Waals surface area contributed by atoms with Crippen molar-refractivity contribution < 1.29 is 19.1 Å². The van der Waals surface area contributed by atoms with Crippen LogP contribution in [0, 0.1) is 0 Å². The average Bonchev–Trinajstić information content (AvgIpc) is 2.98. The third kappa shape index (κ3) is 4.95. The van der Waals surface area contributed by atoms with Crippen molar-refractivity contribution in [1.29, 1.82) is 0 Å². The van der Waals surface area contributed by atoms with Gasteiger partial charge in [-0.25, -0.2) is 0 Å². The first kappa shape index (κ1) is 28.0. The predicted octanol–water partition coefficient (Wildman–Crippen LogP) is 10.7. The molecule has 0 aliphatic heterocycles. The van der Waals surface area contributed by atoms with Crippen molar-refractivity contribution in [3.63, 3.8) is 0 Å². The first-order valence-corrected chi connectivity index (χ1v) is 14.9. The first-order chi connectivity index (χ1) is 20.4. The van der Waals surface area contributed by atoms with Crippen LogP contribution in [-0.4, -0.2) is 11.9 Å². The summed E-state index contributed by atoms with van der Waals surface area (Å²) in [5.41, 5.74) is 1.85. The van der Waals surface area contributed by atoms with Gasteiger partial charge in [-0.05, 0) is 81.9 Å². The van der Waals surface area contributed by atoms with E-state index in [4.69, 9.17) is 32.7 Å². The highest BCUT2D eigenvalue weighted by atomic mass is 35.5. The number of ether oxygens (including phenoxy) is 2. The highest BCUT2D eigenvalue weighted by Crippen LogP contribution is 2.50. The lowest BCUT2D eigenvalue weighted by Gasteiger charge is -2.21. The quantitative estimate of drug-likeness (QED) is 0.105. The van der Waals surface area contributed by atoms with Crippen LogP contribution in [0.2, 0.25) is 10.0 Å². The number of hydrogen-bond acceptors (Lipinski definition) is 4. The van der Waals surface area contributed by atoms with Crippen LogP contribution in [0.3, 0.4) is 0 Å². The molecule has 0 saturated heterocycles. The van der Waals surface area contributed by atoms with Crippen LogP contribution in [0.4, 0.5) is 0 Å². The van der Waals surface area contributed by atoms with E-state index in [1.54, 1.807) is 0 Å². The fourth-order valence-electron chi connectivity index (χ4n) is 5.72. The predicted molar refractivity (Wildman–Crippen MR) is 173 cm³/mol. The zero-order valence-electron chi connectivity index (χ0n) is 23.3. The Hall–Kier alpha value is -4.12. The summed E-state index contributed by atoms with van der Waals surface area (Å²) in [6, 6.07) is 27.1. The SMILES string of the molecule is CCCC(=O)Oc1c2ccccc2c(-c2c3ccccc3c(OC(=O)CCC)c3ccc(Cl)cc23)c2cc(Cl)ccc12. The summed E-state index contributed by atoms with van der Waals surface area (Å²) >= 11 is 13.2. The highest BCUT2D eigenvalue weighted by molar-refractivity contribution is 6.34. The monoisotopic (exact) mass is 594 g/mol. The van der Waals surface area contributed by atoms with E-state index in [0.29, 0.717) is 47.2 Å². The maximum atomic E-state index is 12.8. The summed E-state index contributed by atoms with van der Waals surface area (Å²) in [6.45, 7) is 3.90. The smallest absolute Gasteiger partial charge is 0.311 e. The molecule has 0 atom stereocenters. The lowest BCUT2D eigenvalue weighted by molar-refractivity contribution is -0.135. The van der Waals surface area contributed by atoms with Gasteiger partial charge in [-0.3, -0.25) is 9.59 Å². The zero-order valence-corrected chi connectivity index (χ0v) is 24.8. The van der Waals surface area contributed by atoms with Gasteiger partial charge in [-0.2, -0.15) is 0 Å².